The fraction of sp³-hybridized carbons (Fsp3) is 0.278. The molecule has 0 aromatic heterocycles. The first kappa shape index (κ1) is 14.3. The zero-order valence-corrected chi connectivity index (χ0v) is 13.5. The van der Waals surface area contributed by atoms with Gasteiger partial charge in [-0.2, -0.15) is 0 Å². The van der Waals surface area contributed by atoms with E-state index in [0.29, 0.717) is 6.42 Å². The van der Waals surface area contributed by atoms with Gasteiger partial charge >= 0.3 is 0 Å². The molecule has 1 aliphatic heterocycles. The van der Waals surface area contributed by atoms with Gasteiger partial charge < -0.3 is 4.90 Å². The maximum absolute atomic E-state index is 12.5. The standard InChI is InChI=1S/C18H18BrNO/c19-16-8-3-5-14(13-16)10-11-18(21)20-12-4-7-15-6-1-2-9-17(15)20/h1-3,5-6,8-9,13H,4,7,10-12H2. The van der Waals surface area contributed by atoms with Crippen LogP contribution in [0.3, 0.4) is 0 Å². The molecule has 2 nitrogen and oxygen atoms in total. The zero-order chi connectivity index (χ0) is 14.7. The van der Waals surface area contributed by atoms with E-state index in [1.165, 1.54) is 11.1 Å². The number of nitrogens with zero attached hydrogens (tertiary/aromatic N) is 1. The highest BCUT2D eigenvalue weighted by Gasteiger charge is 2.21. The molecule has 1 heterocycles. The number of carbonyl (C=O) groups is 1. The van der Waals surface area contributed by atoms with Crippen molar-refractivity contribution in [1.29, 1.82) is 0 Å². The summed E-state index contributed by atoms with van der Waals surface area (Å²) in [5.74, 6) is 0.224. The van der Waals surface area contributed by atoms with E-state index in [9.17, 15) is 4.79 Å². The molecule has 3 heteroatoms. The Morgan fingerprint density at radius 3 is 2.86 bits per heavy atom. The summed E-state index contributed by atoms with van der Waals surface area (Å²) in [6.07, 6.45) is 3.48. The van der Waals surface area contributed by atoms with Gasteiger partial charge in [0.1, 0.15) is 0 Å². The Hall–Kier alpha value is -1.61. The number of fused-ring (bicyclic) bond motifs is 1. The van der Waals surface area contributed by atoms with Crippen molar-refractivity contribution < 1.29 is 4.79 Å². The molecule has 0 bridgehead atoms. The van der Waals surface area contributed by atoms with Gasteiger partial charge in [-0.05, 0) is 48.6 Å². The summed E-state index contributed by atoms with van der Waals surface area (Å²) in [6.45, 7) is 0.842. The van der Waals surface area contributed by atoms with Crippen LogP contribution in [0.25, 0.3) is 0 Å². The minimum Gasteiger partial charge on any atom is -0.312 e. The predicted molar refractivity (Wildman–Crippen MR) is 89.6 cm³/mol. The predicted octanol–water partition coefficient (Wildman–Crippen LogP) is 4.36. The first-order valence-electron chi connectivity index (χ1n) is 7.37. The third kappa shape index (κ3) is 3.35. The van der Waals surface area contributed by atoms with Crippen LogP contribution >= 0.6 is 15.9 Å². The normalized spacial score (nSPS) is 13.9. The molecule has 108 valence electrons. The monoisotopic (exact) mass is 343 g/mol. The lowest BCUT2D eigenvalue weighted by Crippen LogP contribution is -2.35. The number of aryl methyl sites for hydroxylation is 2. The molecule has 3 rings (SSSR count). The number of halogens is 1. The van der Waals surface area contributed by atoms with Gasteiger partial charge in [0.15, 0.2) is 0 Å². The van der Waals surface area contributed by atoms with Crippen LogP contribution in [-0.2, 0) is 17.6 Å². The summed E-state index contributed by atoms with van der Waals surface area (Å²) in [4.78, 5) is 14.5. The second kappa shape index (κ2) is 6.44. The van der Waals surface area contributed by atoms with Crippen molar-refractivity contribution in [3.63, 3.8) is 0 Å². The molecule has 0 fully saturated rings. The van der Waals surface area contributed by atoms with E-state index < -0.39 is 0 Å². The minimum absolute atomic E-state index is 0.224. The van der Waals surface area contributed by atoms with E-state index >= 15 is 0 Å². The average Bonchev–Trinajstić information content (AvgIpc) is 2.52. The van der Waals surface area contributed by atoms with Crippen molar-refractivity contribution in [1.82, 2.24) is 0 Å². The van der Waals surface area contributed by atoms with E-state index in [0.717, 1.165) is 36.0 Å². The maximum Gasteiger partial charge on any atom is 0.227 e. The Bertz CT molecular complexity index is 653. The summed E-state index contributed by atoms with van der Waals surface area (Å²) in [5, 5.41) is 0. The molecule has 0 spiro atoms. The van der Waals surface area contributed by atoms with Crippen LogP contribution in [0.2, 0.25) is 0 Å². The lowest BCUT2D eigenvalue weighted by Gasteiger charge is -2.29. The first-order chi connectivity index (χ1) is 10.2. The van der Waals surface area contributed by atoms with Gasteiger partial charge in [0.05, 0.1) is 0 Å². The lowest BCUT2D eigenvalue weighted by atomic mass is 10.0. The van der Waals surface area contributed by atoms with Gasteiger partial charge in [-0.1, -0.05) is 46.3 Å². The molecule has 2 aromatic rings. The van der Waals surface area contributed by atoms with Gasteiger partial charge in [0.25, 0.3) is 0 Å². The summed E-state index contributed by atoms with van der Waals surface area (Å²) < 4.78 is 1.07. The molecule has 2 aromatic carbocycles. The molecule has 0 atom stereocenters. The second-order valence-electron chi connectivity index (χ2n) is 5.41. The van der Waals surface area contributed by atoms with Crippen LogP contribution in [0.4, 0.5) is 5.69 Å². The molecular weight excluding hydrogens is 326 g/mol. The Labute approximate surface area is 133 Å². The van der Waals surface area contributed by atoms with E-state index in [2.05, 4.69) is 40.2 Å². The highest BCUT2D eigenvalue weighted by atomic mass is 79.9. The van der Waals surface area contributed by atoms with Gasteiger partial charge in [0, 0.05) is 23.1 Å². The van der Waals surface area contributed by atoms with Crippen molar-refractivity contribution in [2.75, 3.05) is 11.4 Å². The number of carbonyl (C=O) groups excluding carboxylic acids is 1. The van der Waals surface area contributed by atoms with Gasteiger partial charge in [-0.15, -0.1) is 0 Å². The number of benzene rings is 2. The number of rotatable bonds is 3. The fourth-order valence-corrected chi connectivity index (χ4v) is 3.32. The van der Waals surface area contributed by atoms with Crippen LogP contribution in [0.1, 0.15) is 24.0 Å². The summed E-state index contributed by atoms with van der Waals surface area (Å²) in [6, 6.07) is 16.4. The Kier molecular flexibility index (Phi) is 4.39. The van der Waals surface area contributed by atoms with E-state index in [1.807, 2.05) is 29.2 Å². The Morgan fingerprint density at radius 1 is 1.14 bits per heavy atom. The van der Waals surface area contributed by atoms with Gasteiger partial charge in [0.2, 0.25) is 5.91 Å². The highest BCUT2D eigenvalue weighted by Crippen LogP contribution is 2.27. The molecule has 0 saturated heterocycles. The molecule has 0 saturated carbocycles. The largest absolute Gasteiger partial charge is 0.312 e. The first-order valence-corrected chi connectivity index (χ1v) is 8.16. The quantitative estimate of drug-likeness (QED) is 0.810. The van der Waals surface area contributed by atoms with Gasteiger partial charge in [-0.3, -0.25) is 4.79 Å². The molecule has 0 N–H and O–H groups in total. The molecule has 0 aliphatic carbocycles. The van der Waals surface area contributed by atoms with Crippen LogP contribution in [-0.4, -0.2) is 12.5 Å². The summed E-state index contributed by atoms with van der Waals surface area (Å²) in [7, 11) is 0. The summed E-state index contributed by atoms with van der Waals surface area (Å²) in [5.41, 5.74) is 3.59. The zero-order valence-electron chi connectivity index (χ0n) is 11.9. The van der Waals surface area contributed by atoms with Crippen molar-refractivity contribution in [2.45, 2.75) is 25.7 Å². The number of hydrogen-bond donors (Lipinski definition) is 0. The molecule has 0 radical (unpaired) electrons. The third-order valence-corrected chi connectivity index (χ3v) is 4.42. The van der Waals surface area contributed by atoms with E-state index in [1.54, 1.807) is 0 Å². The number of para-hydroxylation sites is 1. The molecule has 21 heavy (non-hydrogen) atoms. The van der Waals surface area contributed by atoms with Crippen molar-refractivity contribution in [3.05, 3.63) is 64.1 Å². The van der Waals surface area contributed by atoms with Crippen LogP contribution in [0.15, 0.2) is 53.0 Å². The molecule has 0 unspecified atom stereocenters. The second-order valence-corrected chi connectivity index (χ2v) is 6.32. The molecule has 1 amide bonds. The van der Waals surface area contributed by atoms with E-state index in [-0.39, 0.29) is 5.91 Å². The van der Waals surface area contributed by atoms with Gasteiger partial charge in [-0.25, -0.2) is 0 Å². The van der Waals surface area contributed by atoms with Crippen LogP contribution < -0.4 is 4.90 Å². The average molecular weight is 344 g/mol. The SMILES string of the molecule is O=C(CCc1cccc(Br)c1)N1CCCc2ccccc21. The summed E-state index contributed by atoms with van der Waals surface area (Å²) >= 11 is 3.47. The number of anilines is 1. The molecular formula is C18H18BrNO. The Balaban J connectivity index is 1.69. The smallest absolute Gasteiger partial charge is 0.227 e. The van der Waals surface area contributed by atoms with Crippen molar-refractivity contribution >= 4 is 27.5 Å². The minimum atomic E-state index is 0.224. The number of hydrogen-bond acceptors (Lipinski definition) is 1. The number of amides is 1. The van der Waals surface area contributed by atoms with E-state index in [4.69, 9.17) is 0 Å². The fourth-order valence-electron chi connectivity index (χ4n) is 2.87. The topological polar surface area (TPSA) is 20.3 Å². The van der Waals surface area contributed by atoms with Crippen molar-refractivity contribution in [2.24, 2.45) is 0 Å². The third-order valence-electron chi connectivity index (χ3n) is 3.93. The Morgan fingerprint density at radius 2 is 2.00 bits per heavy atom. The lowest BCUT2D eigenvalue weighted by molar-refractivity contribution is -0.118. The maximum atomic E-state index is 12.5. The highest BCUT2D eigenvalue weighted by molar-refractivity contribution is 9.10. The molecule has 1 aliphatic rings. The van der Waals surface area contributed by atoms with Crippen LogP contribution in [0, 0.1) is 0 Å². The van der Waals surface area contributed by atoms with Crippen molar-refractivity contribution in [3.8, 4) is 0 Å². The van der Waals surface area contributed by atoms with Crippen LogP contribution in [0.5, 0.6) is 0 Å².